The van der Waals surface area contributed by atoms with Crippen LogP contribution in [-0.2, 0) is 15.8 Å². The van der Waals surface area contributed by atoms with Crippen molar-refractivity contribution in [2.24, 2.45) is 0 Å². The van der Waals surface area contributed by atoms with Crippen molar-refractivity contribution in [2.75, 3.05) is 19.0 Å². The minimum absolute atomic E-state index is 0.127. The maximum atomic E-state index is 13.2. The summed E-state index contributed by atoms with van der Waals surface area (Å²) in [6, 6.07) is 20.6. The first-order chi connectivity index (χ1) is 20.1. The van der Waals surface area contributed by atoms with E-state index in [-0.39, 0.29) is 17.4 Å². The summed E-state index contributed by atoms with van der Waals surface area (Å²) in [7, 11) is 1.47. The fourth-order valence-electron chi connectivity index (χ4n) is 4.13. The van der Waals surface area contributed by atoms with Crippen LogP contribution < -0.4 is 20.7 Å². The van der Waals surface area contributed by atoms with Crippen LogP contribution in [0, 0.1) is 6.92 Å². The molecule has 0 saturated heterocycles. The zero-order valence-electron chi connectivity index (χ0n) is 22.7. The predicted octanol–water partition coefficient (Wildman–Crippen LogP) is 5.31. The number of rotatable bonds is 9. The molecule has 0 aliphatic carbocycles. The van der Waals surface area contributed by atoms with Crippen molar-refractivity contribution in [3.63, 3.8) is 0 Å². The number of nitrogens with one attached hydrogen (secondary N) is 3. The fourth-order valence-corrected chi connectivity index (χ4v) is 4.13. The molecule has 11 heteroatoms. The van der Waals surface area contributed by atoms with Crippen LogP contribution in [0.2, 0.25) is 0 Å². The molecule has 3 aromatic carbocycles. The van der Waals surface area contributed by atoms with Crippen molar-refractivity contribution in [1.82, 2.24) is 15.6 Å². The molecule has 0 spiro atoms. The van der Waals surface area contributed by atoms with Crippen LogP contribution in [0.4, 0.5) is 18.9 Å². The van der Waals surface area contributed by atoms with Crippen molar-refractivity contribution >= 4 is 23.4 Å². The Labute approximate surface area is 239 Å². The minimum Gasteiger partial charge on any atom is -0.468 e. The highest BCUT2D eigenvalue weighted by molar-refractivity contribution is 6.09. The molecule has 0 aliphatic heterocycles. The Hall–Kier alpha value is -5.19. The summed E-state index contributed by atoms with van der Waals surface area (Å²) in [5.74, 6) is -1.28. The third-order valence-corrected chi connectivity index (χ3v) is 6.33. The van der Waals surface area contributed by atoms with Gasteiger partial charge in [0.1, 0.15) is 6.04 Å². The number of likely N-dealkylation sites (N-methyl/N-ethyl adjacent to an activating group) is 1. The maximum absolute atomic E-state index is 13.2. The second-order valence-corrected chi connectivity index (χ2v) is 9.23. The number of nitrogens with zero attached hydrogens (tertiary/aromatic N) is 1. The van der Waals surface area contributed by atoms with Gasteiger partial charge < -0.3 is 20.7 Å². The third kappa shape index (κ3) is 7.30. The van der Waals surface area contributed by atoms with Crippen LogP contribution >= 0.6 is 0 Å². The Balaban J connectivity index is 1.41. The van der Waals surface area contributed by atoms with Gasteiger partial charge in [0.05, 0.1) is 17.4 Å². The predicted molar refractivity (Wildman–Crippen MR) is 151 cm³/mol. The van der Waals surface area contributed by atoms with Crippen molar-refractivity contribution in [3.8, 4) is 17.0 Å². The molecule has 0 bridgehead atoms. The van der Waals surface area contributed by atoms with Gasteiger partial charge in [-0.2, -0.15) is 13.2 Å². The zero-order valence-corrected chi connectivity index (χ0v) is 22.7. The lowest BCUT2D eigenvalue weighted by atomic mass is 9.98. The Morgan fingerprint density at radius 2 is 1.60 bits per heavy atom. The number of anilines is 1. The number of pyridine rings is 1. The van der Waals surface area contributed by atoms with Crippen molar-refractivity contribution in [1.29, 1.82) is 0 Å². The van der Waals surface area contributed by atoms with Gasteiger partial charge in [0.25, 0.3) is 11.8 Å². The van der Waals surface area contributed by atoms with E-state index in [0.717, 1.165) is 12.1 Å². The number of aromatic nitrogens is 1. The number of carbonyl (C=O) groups excluding carboxylic acids is 3. The van der Waals surface area contributed by atoms with E-state index < -0.39 is 36.2 Å². The number of carbonyl (C=O) groups is 3. The smallest absolute Gasteiger partial charge is 0.416 e. The number of ether oxygens (including phenoxy) is 1. The molecule has 0 radical (unpaired) electrons. The molecule has 0 aliphatic rings. The summed E-state index contributed by atoms with van der Waals surface area (Å²) < 4.78 is 44.4. The first kappa shape index (κ1) is 29.8. The molecule has 1 aromatic heterocycles. The number of alkyl halides is 3. The average Bonchev–Trinajstić information content (AvgIpc) is 2.99. The van der Waals surface area contributed by atoms with Crippen molar-refractivity contribution in [3.05, 3.63) is 113 Å². The quantitative estimate of drug-likeness (QED) is 0.250. The van der Waals surface area contributed by atoms with Gasteiger partial charge in [-0.25, -0.2) is 4.98 Å². The summed E-state index contributed by atoms with van der Waals surface area (Å²) >= 11 is 0. The molecule has 4 rings (SSSR count). The van der Waals surface area contributed by atoms with Gasteiger partial charge in [-0.15, -0.1) is 0 Å². The van der Waals surface area contributed by atoms with Gasteiger partial charge in [0, 0.05) is 18.7 Å². The Morgan fingerprint density at radius 1 is 0.929 bits per heavy atom. The van der Waals surface area contributed by atoms with Gasteiger partial charge in [0.2, 0.25) is 11.8 Å². The highest BCUT2D eigenvalue weighted by Gasteiger charge is 2.30. The molecule has 1 heterocycles. The van der Waals surface area contributed by atoms with E-state index in [1.54, 1.807) is 61.5 Å². The first-order valence-electron chi connectivity index (χ1n) is 12.8. The second kappa shape index (κ2) is 13.0. The number of amides is 3. The number of hydrogen-bond donors (Lipinski definition) is 3. The number of benzene rings is 3. The standard InChI is InChI=1S/C31H27F3N4O4/c1-19-16-27(42-18-26(39)38-28(30(41)35-2)21-8-4-3-5-9-21)36-17-25(19)37-29(40)24-11-7-6-10-23(24)20-12-14-22(15-13-20)31(32,33)34/h3-17,28H,18H2,1-2H3,(H,35,41)(H,37,40)(H,38,39)/t28-/m0/s1. The van der Waals surface area contributed by atoms with Gasteiger partial charge >= 0.3 is 6.18 Å². The zero-order chi connectivity index (χ0) is 30.3. The molecular formula is C31H27F3N4O4. The average molecular weight is 577 g/mol. The van der Waals surface area contributed by atoms with Crippen LogP contribution in [0.15, 0.2) is 91.1 Å². The third-order valence-electron chi connectivity index (χ3n) is 6.33. The summed E-state index contributed by atoms with van der Waals surface area (Å²) in [5.41, 5.74) is 1.98. The molecule has 8 nitrogen and oxygen atoms in total. The lowest BCUT2D eigenvalue weighted by Crippen LogP contribution is -2.41. The van der Waals surface area contributed by atoms with E-state index in [1.165, 1.54) is 31.4 Å². The van der Waals surface area contributed by atoms with E-state index in [2.05, 4.69) is 20.9 Å². The van der Waals surface area contributed by atoms with E-state index in [9.17, 15) is 27.6 Å². The van der Waals surface area contributed by atoms with Gasteiger partial charge in [-0.1, -0.05) is 60.7 Å². The Bertz CT molecular complexity index is 1580. The summed E-state index contributed by atoms with van der Waals surface area (Å²) in [4.78, 5) is 42.1. The lowest BCUT2D eigenvalue weighted by Gasteiger charge is -2.18. The Kier molecular flexibility index (Phi) is 9.21. The van der Waals surface area contributed by atoms with Crippen molar-refractivity contribution in [2.45, 2.75) is 19.1 Å². The molecule has 1 atom stereocenters. The van der Waals surface area contributed by atoms with Gasteiger partial charge in [-0.3, -0.25) is 14.4 Å². The fraction of sp³-hybridized carbons (Fsp3) is 0.161. The van der Waals surface area contributed by atoms with Crippen LogP contribution in [0.3, 0.4) is 0 Å². The SMILES string of the molecule is CNC(=O)[C@@H](NC(=O)COc1cc(C)c(NC(=O)c2ccccc2-c2ccc(C(F)(F)F)cc2)cn1)c1ccccc1. The highest BCUT2D eigenvalue weighted by Crippen LogP contribution is 2.32. The summed E-state index contributed by atoms with van der Waals surface area (Å²) in [6.07, 6.45) is -3.09. The first-order valence-corrected chi connectivity index (χ1v) is 12.8. The molecule has 4 aromatic rings. The second-order valence-electron chi connectivity index (χ2n) is 9.23. The Morgan fingerprint density at radius 3 is 2.24 bits per heavy atom. The van der Waals surface area contributed by atoms with E-state index >= 15 is 0 Å². The van der Waals surface area contributed by atoms with Crippen LogP contribution in [-0.4, -0.2) is 36.4 Å². The van der Waals surface area contributed by atoms with Gasteiger partial charge in [0.15, 0.2) is 6.61 Å². The van der Waals surface area contributed by atoms with Crippen LogP contribution in [0.5, 0.6) is 5.88 Å². The largest absolute Gasteiger partial charge is 0.468 e. The molecule has 0 unspecified atom stereocenters. The normalized spacial score (nSPS) is 11.7. The molecule has 0 fully saturated rings. The van der Waals surface area contributed by atoms with E-state index in [4.69, 9.17) is 4.74 Å². The monoisotopic (exact) mass is 576 g/mol. The van der Waals surface area contributed by atoms with Crippen molar-refractivity contribution < 1.29 is 32.3 Å². The summed E-state index contributed by atoms with van der Waals surface area (Å²) in [5, 5.41) is 7.93. The minimum atomic E-state index is -4.46. The van der Waals surface area contributed by atoms with Gasteiger partial charge in [-0.05, 0) is 47.4 Å². The van der Waals surface area contributed by atoms with Crippen LogP contribution in [0.1, 0.15) is 33.1 Å². The van der Waals surface area contributed by atoms with E-state index in [1.807, 2.05) is 0 Å². The molecule has 42 heavy (non-hydrogen) atoms. The molecular weight excluding hydrogens is 549 g/mol. The van der Waals surface area contributed by atoms with Crippen LogP contribution in [0.25, 0.3) is 11.1 Å². The topological polar surface area (TPSA) is 109 Å². The summed E-state index contributed by atoms with van der Waals surface area (Å²) in [6.45, 7) is 1.31. The number of hydrogen-bond acceptors (Lipinski definition) is 5. The molecule has 3 N–H and O–H groups in total. The van der Waals surface area contributed by atoms with E-state index in [0.29, 0.717) is 27.9 Å². The number of halogens is 3. The molecule has 3 amide bonds. The maximum Gasteiger partial charge on any atom is 0.416 e. The molecule has 216 valence electrons. The highest BCUT2D eigenvalue weighted by atomic mass is 19.4. The number of aryl methyl sites for hydroxylation is 1. The molecule has 0 saturated carbocycles. The lowest BCUT2D eigenvalue weighted by molar-refractivity contribution is -0.137.